The lowest BCUT2D eigenvalue weighted by molar-refractivity contribution is -0.0792. The van der Waals surface area contributed by atoms with Crippen LogP contribution in [-0.2, 0) is 4.74 Å². The maximum Gasteiger partial charge on any atom is 0.0788 e. The summed E-state index contributed by atoms with van der Waals surface area (Å²) < 4.78 is 6.17. The number of nitrogens with two attached hydrogens (primary N) is 1. The van der Waals surface area contributed by atoms with Crippen molar-refractivity contribution in [2.75, 3.05) is 19.6 Å². The molecule has 2 aliphatic rings. The van der Waals surface area contributed by atoms with Crippen LogP contribution >= 0.6 is 0 Å². The molecule has 0 saturated carbocycles. The van der Waals surface area contributed by atoms with E-state index in [-0.39, 0.29) is 23.3 Å². The molecule has 2 rings (SSSR count). The van der Waals surface area contributed by atoms with Crippen LogP contribution in [0.25, 0.3) is 0 Å². The number of rotatable bonds is 3. The Morgan fingerprint density at radius 2 is 1.75 bits per heavy atom. The topological polar surface area (TPSA) is 58.7 Å². The second-order valence-corrected chi connectivity index (χ2v) is 7.82. The smallest absolute Gasteiger partial charge is 0.0788 e. The van der Waals surface area contributed by atoms with Crippen LogP contribution in [-0.4, -0.2) is 53.0 Å². The molecule has 0 aromatic carbocycles. The van der Waals surface area contributed by atoms with Crippen LogP contribution in [0.15, 0.2) is 0 Å². The minimum absolute atomic E-state index is 0.0759. The zero-order valence-electron chi connectivity index (χ0n) is 13.7. The zero-order valence-corrected chi connectivity index (χ0v) is 13.7. The Morgan fingerprint density at radius 1 is 1.20 bits per heavy atom. The molecular weight excluding hydrogens is 252 g/mol. The fourth-order valence-corrected chi connectivity index (χ4v) is 3.97. The molecule has 3 atom stereocenters. The van der Waals surface area contributed by atoms with E-state index in [2.05, 4.69) is 32.6 Å². The van der Waals surface area contributed by atoms with Gasteiger partial charge < -0.3 is 20.5 Å². The van der Waals surface area contributed by atoms with Crippen molar-refractivity contribution in [1.82, 2.24) is 4.90 Å². The molecule has 20 heavy (non-hydrogen) atoms. The highest BCUT2D eigenvalue weighted by molar-refractivity contribution is 5.04. The molecule has 2 fully saturated rings. The lowest BCUT2D eigenvalue weighted by Crippen LogP contribution is -2.49. The standard InChI is InChI=1S/C16H32N2O2/c1-11(19)12-6-8-18(9-7-12)10-13-14(17)16(4,5)20-15(13,2)3/h11-14,19H,6-10,17H2,1-5H3. The second-order valence-electron chi connectivity index (χ2n) is 7.82. The lowest BCUT2D eigenvalue weighted by Gasteiger charge is -2.37. The Labute approximate surface area is 123 Å². The van der Waals surface area contributed by atoms with Crippen molar-refractivity contribution in [3.63, 3.8) is 0 Å². The average Bonchev–Trinajstić information content (AvgIpc) is 2.48. The molecule has 0 amide bonds. The molecule has 3 unspecified atom stereocenters. The Kier molecular flexibility index (Phi) is 4.51. The van der Waals surface area contributed by atoms with E-state index in [0.717, 1.165) is 32.5 Å². The van der Waals surface area contributed by atoms with Crippen molar-refractivity contribution >= 4 is 0 Å². The maximum atomic E-state index is 9.68. The summed E-state index contributed by atoms with van der Waals surface area (Å²) in [5.41, 5.74) is 6.03. The number of hydrogen-bond acceptors (Lipinski definition) is 4. The third-order valence-electron chi connectivity index (χ3n) is 5.42. The van der Waals surface area contributed by atoms with Gasteiger partial charge in [0.25, 0.3) is 0 Å². The highest BCUT2D eigenvalue weighted by Crippen LogP contribution is 2.41. The van der Waals surface area contributed by atoms with Crippen molar-refractivity contribution in [3.8, 4) is 0 Å². The first kappa shape index (κ1) is 16.2. The number of nitrogens with zero attached hydrogens (tertiary/aromatic N) is 1. The number of hydrogen-bond donors (Lipinski definition) is 2. The van der Waals surface area contributed by atoms with Crippen LogP contribution in [0.1, 0.15) is 47.5 Å². The quantitative estimate of drug-likeness (QED) is 0.826. The van der Waals surface area contributed by atoms with Gasteiger partial charge in [-0.3, -0.25) is 0 Å². The molecule has 0 spiro atoms. The van der Waals surface area contributed by atoms with E-state index >= 15 is 0 Å². The van der Waals surface area contributed by atoms with Crippen molar-refractivity contribution in [2.45, 2.75) is 70.8 Å². The van der Waals surface area contributed by atoms with Crippen LogP contribution < -0.4 is 5.73 Å². The van der Waals surface area contributed by atoms with Gasteiger partial charge in [0.15, 0.2) is 0 Å². The third kappa shape index (κ3) is 3.19. The zero-order chi connectivity index (χ0) is 15.1. The average molecular weight is 284 g/mol. The van der Waals surface area contributed by atoms with Crippen molar-refractivity contribution in [1.29, 1.82) is 0 Å². The first-order chi connectivity index (χ1) is 9.13. The van der Waals surface area contributed by atoms with Gasteiger partial charge in [-0.1, -0.05) is 0 Å². The molecule has 118 valence electrons. The second kappa shape index (κ2) is 5.56. The number of aliphatic hydroxyl groups excluding tert-OH is 1. The molecule has 0 aromatic rings. The Balaban J connectivity index is 1.94. The fourth-order valence-electron chi connectivity index (χ4n) is 3.97. The molecule has 0 radical (unpaired) electrons. The van der Waals surface area contributed by atoms with E-state index in [1.165, 1.54) is 0 Å². The van der Waals surface area contributed by atoms with Crippen LogP contribution in [0.3, 0.4) is 0 Å². The molecule has 0 aromatic heterocycles. The van der Waals surface area contributed by atoms with Gasteiger partial charge in [0.2, 0.25) is 0 Å². The van der Waals surface area contributed by atoms with Gasteiger partial charge >= 0.3 is 0 Å². The van der Waals surface area contributed by atoms with Crippen LogP contribution in [0.4, 0.5) is 0 Å². The van der Waals surface area contributed by atoms with E-state index in [0.29, 0.717) is 11.8 Å². The fraction of sp³-hybridized carbons (Fsp3) is 1.00. The predicted octanol–water partition coefficient (Wildman–Crippen LogP) is 1.61. The molecule has 3 N–H and O–H groups in total. The minimum Gasteiger partial charge on any atom is -0.393 e. The van der Waals surface area contributed by atoms with Gasteiger partial charge in [-0.15, -0.1) is 0 Å². The third-order valence-corrected chi connectivity index (χ3v) is 5.42. The number of likely N-dealkylation sites (tertiary alicyclic amines) is 1. The number of piperidine rings is 1. The summed E-state index contributed by atoms with van der Waals surface area (Å²) in [6, 6.07) is 0.0759. The Bertz CT molecular complexity index is 333. The number of aliphatic hydroxyl groups is 1. The maximum absolute atomic E-state index is 9.68. The molecule has 4 nitrogen and oxygen atoms in total. The van der Waals surface area contributed by atoms with Gasteiger partial charge in [-0.25, -0.2) is 0 Å². The van der Waals surface area contributed by atoms with Gasteiger partial charge in [-0.05, 0) is 66.5 Å². The van der Waals surface area contributed by atoms with Crippen molar-refractivity contribution < 1.29 is 9.84 Å². The van der Waals surface area contributed by atoms with Crippen LogP contribution in [0, 0.1) is 11.8 Å². The van der Waals surface area contributed by atoms with Gasteiger partial charge in [0.1, 0.15) is 0 Å². The van der Waals surface area contributed by atoms with E-state index in [9.17, 15) is 5.11 Å². The molecule has 4 heteroatoms. The molecule has 0 aliphatic carbocycles. The molecule has 0 bridgehead atoms. The summed E-state index contributed by atoms with van der Waals surface area (Å²) in [4.78, 5) is 2.50. The molecular formula is C16H32N2O2. The van der Waals surface area contributed by atoms with Crippen LogP contribution in [0.5, 0.6) is 0 Å². The first-order valence-electron chi connectivity index (χ1n) is 7.99. The molecule has 2 aliphatic heterocycles. The minimum atomic E-state index is -0.244. The summed E-state index contributed by atoms with van der Waals surface area (Å²) in [5.74, 6) is 0.824. The van der Waals surface area contributed by atoms with E-state index in [1.807, 2.05) is 6.92 Å². The normalized spacial score (nSPS) is 36.1. The van der Waals surface area contributed by atoms with Gasteiger partial charge in [0.05, 0.1) is 17.3 Å². The highest BCUT2D eigenvalue weighted by Gasteiger charge is 2.52. The van der Waals surface area contributed by atoms with E-state index in [1.54, 1.807) is 0 Å². The lowest BCUT2D eigenvalue weighted by atomic mass is 9.82. The summed E-state index contributed by atoms with van der Waals surface area (Å²) in [7, 11) is 0. The van der Waals surface area contributed by atoms with Crippen LogP contribution in [0.2, 0.25) is 0 Å². The highest BCUT2D eigenvalue weighted by atomic mass is 16.5. The summed E-state index contributed by atoms with van der Waals surface area (Å²) in [6.07, 6.45) is 2.00. The summed E-state index contributed by atoms with van der Waals surface area (Å²) in [5, 5.41) is 9.68. The Morgan fingerprint density at radius 3 is 2.15 bits per heavy atom. The molecule has 2 heterocycles. The van der Waals surface area contributed by atoms with E-state index < -0.39 is 0 Å². The summed E-state index contributed by atoms with van der Waals surface area (Å²) >= 11 is 0. The van der Waals surface area contributed by atoms with Crippen molar-refractivity contribution in [2.24, 2.45) is 17.6 Å². The Hall–Kier alpha value is -0.160. The predicted molar refractivity (Wildman–Crippen MR) is 81.6 cm³/mol. The van der Waals surface area contributed by atoms with Gasteiger partial charge in [0, 0.05) is 18.5 Å². The SMILES string of the molecule is CC(O)C1CCN(CC2C(N)C(C)(C)OC2(C)C)CC1. The van der Waals surface area contributed by atoms with Crippen molar-refractivity contribution in [3.05, 3.63) is 0 Å². The molecule has 2 saturated heterocycles. The number of ether oxygens (including phenoxy) is 1. The largest absolute Gasteiger partial charge is 0.393 e. The van der Waals surface area contributed by atoms with Gasteiger partial charge in [-0.2, -0.15) is 0 Å². The summed E-state index contributed by atoms with van der Waals surface area (Å²) in [6.45, 7) is 13.6. The monoisotopic (exact) mass is 284 g/mol. The first-order valence-corrected chi connectivity index (χ1v) is 7.99. The van der Waals surface area contributed by atoms with E-state index in [4.69, 9.17) is 10.5 Å².